The fraction of sp³-hybridized carbons (Fsp3) is 0.667. The Morgan fingerprint density at radius 2 is 1.67 bits per heavy atom. The van der Waals surface area contributed by atoms with Crippen molar-refractivity contribution in [2.24, 2.45) is 0 Å². The number of halogens is 2. The maximum absolute atomic E-state index is 6.36. The van der Waals surface area contributed by atoms with E-state index in [1.165, 1.54) is 44.1 Å². The summed E-state index contributed by atoms with van der Waals surface area (Å²) in [6, 6.07) is 6.20. The molecule has 0 aliphatic rings. The molecule has 0 radical (unpaired) electrons. The number of rotatable bonds is 11. The summed E-state index contributed by atoms with van der Waals surface area (Å²) in [6.07, 6.45) is 10.2. The van der Waals surface area contributed by atoms with Crippen molar-refractivity contribution in [2.75, 3.05) is 6.54 Å². The minimum Gasteiger partial charge on any atom is -0.310 e. The van der Waals surface area contributed by atoms with Crippen molar-refractivity contribution in [3.8, 4) is 0 Å². The van der Waals surface area contributed by atoms with Crippen LogP contribution in [0, 0.1) is 0 Å². The normalized spacial score (nSPS) is 12.6. The van der Waals surface area contributed by atoms with E-state index in [1.54, 1.807) is 0 Å². The first-order valence-electron chi connectivity index (χ1n) is 8.37. The van der Waals surface area contributed by atoms with E-state index in [9.17, 15) is 0 Å². The van der Waals surface area contributed by atoms with Crippen LogP contribution in [0.1, 0.15) is 76.8 Å². The summed E-state index contributed by atoms with van der Waals surface area (Å²) < 4.78 is 0. The van der Waals surface area contributed by atoms with E-state index < -0.39 is 0 Å². The standard InChI is InChI=1S/C18H29Cl2N/c1-3-5-6-7-8-9-10-18(21-13-4-2)16-12-11-15(19)14-17(16)20/h11-12,14,18,21H,3-10,13H2,1-2H3. The fourth-order valence-electron chi connectivity index (χ4n) is 2.60. The molecule has 1 aromatic carbocycles. The quantitative estimate of drug-likeness (QED) is 0.441. The molecule has 0 amide bonds. The van der Waals surface area contributed by atoms with Gasteiger partial charge < -0.3 is 5.32 Å². The average Bonchev–Trinajstić information content (AvgIpc) is 2.46. The second-order valence-corrected chi connectivity index (χ2v) is 6.57. The molecule has 0 heterocycles. The maximum Gasteiger partial charge on any atom is 0.0468 e. The van der Waals surface area contributed by atoms with Crippen LogP contribution in [0.25, 0.3) is 0 Å². The molecule has 1 rings (SSSR count). The molecule has 0 bridgehead atoms. The van der Waals surface area contributed by atoms with E-state index in [2.05, 4.69) is 25.2 Å². The predicted octanol–water partition coefficient (Wildman–Crippen LogP) is 6.78. The molecule has 120 valence electrons. The van der Waals surface area contributed by atoms with Gasteiger partial charge in [-0.25, -0.2) is 0 Å². The molecular weight excluding hydrogens is 301 g/mol. The van der Waals surface area contributed by atoms with Gasteiger partial charge in [-0.05, 0) is 37.1 Å². The number of hydrogen-bond acceptors (Lipinski definition) is 1. The van der Waals surface area contributed by atoms with Crippen LogP contribution in [0.5, 0.6) is 0 Å². The third kappa shape index (κ3) is 7.54. The highest BCUT2D eigenvalue weighted by molar-refractivity contribution is 6.35. The Morgan fingerprint density at radius 1 is 0.952 bits per heavy atom. The van der Waals surface area contributed by atoms with Crippen LogP contribution < -0.4 is 5.32 Å². The van der Waals surface area contributed by atoms with Gasteiger partial charge >= 0.3 is 0 Å². The summed E-state index contributed by atoms with van der Waals surface area (Å²) in [7, 11) is 0. The molecule has 1 atom stereocenters. The SMILES string of the molecule is CCCCCCCCC(NCCC)c1ccc(Cl)cc1Cl. The van der Waals surface area contributed by atoms with Crippen LogP contribution in [0.2, 0.25) is 10.0 Å². The first kappa shape index (κ1) is 18.8. The predicted molar refractivity (Wildman–Crippen MR) is 95.5 cm³/mol. The summed E-state index contributed by atoms with van der Waals surface area (Å²) >= 11 is 12.4. The lowest BCUT2D eigenvalue weighted by Crippen LogP contribution is -2.22. The highest BCUT2D eigenvalue weighted by Crippen LogP contribution is 2.29. The molecule has 21 heavy (non-hydrogen) atoms. The Labute approximate surface area is 140 Å². The molecule has 0 saturated carbocycles. The Kier molecular flexibility index (Phi) is 10.2. The summed E-state index contributed by atoms with van der Waals surface area (Å²) in [6.45, 7) is 5.48. The fourth-order valence-corrected chi connectivity index (χ4v) is 3.14. The van der Waals surface area contributed by atoms with Crippen LogP contribution in [0.4, 0.5) is 0 Å². The Bertz CT molecular complexity index is 393. The second-order valence-electron chi connectivity index (χ2n) is 5.73. The average molecular weight is 330 g/mol. The number of unbranched alkanes of at least 4 members (excludes halogenated alkanes) is 5. The smallest absolute Gasteiger partial charge is 0.0468 e. The minimum atomic E-state index is 0.348. The number of hydrogen-bond donors (Lipinski definition) is 1. The molecule has 0 aliphatic carbocycles. The Balaban J connectivity index is 2.50. The molecule has 3 heteroatoms. The lowest BCUT2D eigenvalue weighted by atomic mass is 9.99. The van der Waals surface area contributed by atoms with Crippen molar-refractivity contribution >= 4 is 23.2 Å². The molecular formula is C18H29Cl2N. The highest BCUT2D eigenvalue weighted by Gasteiger charge is 2.14. The summed E-state index contributed by atoms with van der Waals surface area (Å²) in [5.74, 6) is 0. The van der Waals surface area contributed by atoms with Crippen molar-refractivity contribution in [3.05, 3.63) is 33.8 Å². The van der Waals surface area contributed by atoms with E-state index in [0.29, 0.717) is 11.1 Å². The van der Waals surface area contributed by atoms with Gasteiger partial charge in [0.25, 0.3) is 0 Å². The third-order valence-corrected chi connectivity index (χ3v) is 4.39. The van der Waals surface area contributed by atoms with Gasteiger partial charge in [0.2, 0.25) is 0 Å². The van der Waals surface area contributed by atoms with Crippen LogP contribution in [0.3, 0.4) is 0 Å². The molecule has 0 aliphatic heterocycles. The van der Waals surface area contributed by atoms with Crippen molar-refractivity contribution in [2.45, 2.75) is 71.3 Å². The lowest BCUT2D eigenvalue weighted by molar-refractivity contribution is 0.466. The molecule has 0 aromatic heterocycles. The van der Waals surface area contributed by atoms with Crippen LogP contribution >= 0.6 is 23.2 Å². The van der Waals surface area contributed by atoms with Crippen LogP contribution in [0.15, 0.2) is 18.2 Å². The second kappa shape index (κ2) is 11.3. The maximum atomic E-state index is 6.36. The zero-order valence-corrected chi connectivity index (χ0v) is 14.9. The molecule has 1 unspecified atom stereocenters. The summed E-state index contributed by atoms with van der Waals surface area (Å²) in [5, 5.41) is 5.11. The summed E-state index contributed by atoms with van der Waals surface area (Å²) in [5.41, 5.74) is 1.18. The largest absolute Gasteiger partial charge is 0.310 e. The molecule has 1 aromatic rings. The third-order valence-electron chi connectivity index (χ3n) is 3.83. The van der Waals surface area contributed by atoms with Gasteiger partial charge in [0.05, 0.1) is 0 Å². The lowest BCUT2D eigenvalue weighted by Gasteiger charge is -2.20. The van der Waals surface area contributed by atoms with Gasteiger partial charge in [-0.1, -0.05) is 81.6 Å². The first-order valence-corrected chi connectivity index (χ1v) is 9.13. The van der Waals surface area contributed by atoms with E-state index in [-0.39, 0.29) is 0 Å². The van der Waals surface area contributed by atoms with Gasteiger partial charge in [-0.2, -0.15) is 0 Å². The molecule has 0 spiro atoms. The van der Waals surface area contributed by atoms with Crippen molar-refractivity contribution in [1.29, 1.82) is 0 Å². The molecule has 0 fully saturated rings. The number of benzene rings is 1. The Hall–Kier alpha value is -0.240. The van der Waals surface area contributed by atoms with E-state index >= 15 is 0 Å². The first-order chi connectivity index (χ1) is 10.2. The number of nitrogens with one attached hydrogen (secondary N) is 1. The highest BCUT2D eigenvalue weighted by atomic mass is 35.5. The topological polar surface area (TPSA) is 12.0 Å². The van der Waals surface area contributed by atoms with Gasteiger partial charge in [-0.15, -0.1) is 0 Å². The van der Waals surface area contributed by atoms with Crippen molar-refractivity contribution in [3.63, 3.8) is 0 Å². The van der Waals surface area contributed by atoms with Gasteiger partial charge in [0, 0.05) is 16.1 Å². The van der Waals surface area contributed by atoms with E-state index in [4.69, 9.17) is 23.2 Å². The molecule has 0 saturated heterocycles. The summed E-state index contributed by atoms with van der Waals surface area (Å²) in [4.78, 5) is 0. The van der Waals surface area contributed by atoms with Gasteiger partial charge in [0.1, 0.15) is 0 Å². The van der Waals surface area contributed by atoms with Crippen LogP contribution in [-0.4, -0.2) is 6.54 Å². The zero-order valence-electron chi connectivity index (χ0n) is 13.4. The van der Waals surface area contributed by atoms with Gasteiger partial charge in [0.15, 0.2) is 0 Å². The zero-order chi connectivity index (χ0) is 15.5. The van der Waals surface area contributed by atoms with Crippen molar-refractivity contribution in [1.82, 2.24) is 5.32 Å². The van der Waals surface area contributed by atoms with Gasteiger partial charge in [-0.3, -0.25) is 0 Å². The monoisotopic (exact) mass is 329 g/mol. The molecule has 1 nitrogen and oxygen atoms in total. The van der Waals surface area contributed by atoms with E-state index in [0.717, 1.165) is 24.4 Å². The van der Waals surface area contributed by atoms with E-state index in [1.807, 2.05) is 12.1 Å². The Morgan fingerprint density at radius 3 is 2.33 bits per heavy atom. The van der Waals surface area contributed by atoms with Crippen LogP contribution in [-0.2, 0) is 0 Å². The molecule has 1 N–H and O–H groups in total. The minimum absolute atomic E-state index is 0.348. The van der Waals surface area contributed by atoms with Crippen molar-refractivity contribution < 1.29 is 0 Å².